The van der Waals surface area contributed by atoms with Gasteiger partial charge >= 0.3 is 5.97 Å². The molecule has 0 fully saturated rings. The highest BCUT2D eigenvalue weighted by Gasteiger charge is 2.17. The van der Waals surface area contributed by atoms with Gasteiger partial charge in [0.1, 0.15) is 11.3 Å². The average Bonchev–Trinajstić information content (AvgIpc) is 2.36. The topological polar surface area (TPSA) is 48.4 Å². The van der Waals surface area contributed by atoms with Crippen molar-refractivity contribution in [2.24, 2.45) is 0 Å². The zero-order chi connectivity index (χ0) is 13.3. The van der Waals surface area contributed by atoms with Crippen LogP contribution in [-0.4, -0.2) is 25.2 Å². The number of aryl methyl sites for hydroxylation is 1. The number of hydrogen-bond acceptors (Lipinski definition) is 4. The molecule has 0 aliphatic carbocycles. The minimum Gasteiger partial charge on any atom is -0.495 e. The molecule has 0 aliphatic rings. The lowest BCUT2D eigenvalue weighted by molar-refractivity contribution is 0.0597. The number of ether oxygens (including phenoxy) is 2. The molecule has 94 valence electrons. The van der Waals surface area contributed by atoms with E-state index in [-0.39, 0.29) is 0 Å². The van der Waals surface area contributed by atoms with Gasteiger partial charge in [0.05, 0.1) is 19.7 Å². The van der Waals surface area contributed by atoms with Crippen molar-refractivity contribution in [3.8, 4) is 5.75 Å². The van der Waals surface area contributed by atoms with E-state index in [4.69, 9.17) is 9.47 Å². The third-order valence-electron chi connectivity index (χ3n) is 2.63. The predicted molar refractivity (Wildman–Crippen MR) is 72.1 cm³/mol. The van der Waals surface area contributed by atoms with Gasteiger partial charge in [-0.05, 0) is 40.5 Å². The summed E-state index contributed by atoms with van der Waals surface area (Å²) >= 11 is 3.46. The summed E-state index contributed by atoms with van der Waals surface area (Å²) in [5.74, 6) is 0.0233. The van der Waals surface area contributed by atoms with Crippen molar-refractivity contribution in [3.63, 3.8) is 0 Å². The summed E-state index contributed by atoms with van der Waals surface area (Å²) < 4.78 is 10.9. The maximum absolute atomic E-state index is 11.7. The van der Waals surface area contributed by atoms with Gasteiger partial charge in [-0.3, -0.25) is 4.98 Å². The fraction of sp³-hybridized carbons (Fsp3) is 0.231. The standard InChI is InChI=1S/C13H12BrNO3/c1-7-4-8-11(10(14)5-7)15-6-9(12(8)17-2)13(16)18-3/h4-6H,1-3H3. The number of methoxy groups -OCH3 is 2. The van der Waals surface area contributed by atoms with Crippen LogP contribution in [0.4, 0.5) is 0 Å². The smallest absolute Gasteiger partial charge is 0.343 e. The largest absolute Gasteiger partial charge is 0.495 e. The van der Waals surface area contributed by atoms with Gasteiger partial charge in [-0.1, -0.05) is 0 Å². The molecule has 18 heavy (non-hydrogen) atoms. The Bertz CT molecular complexity index is 625. The monoisotopic (exact) mass is 309 g/mol. The first kappa shape index (κ1) is 12.8. The summed E-state index contributed by atoms with van der Waals surface area (Å²) in [7, 11) is 2.86. The van der Waals surface area contributed by atoms with E-state index in [0.717, 1.165) is 20.9 Å². The molecule has 1 aromatic heterocycles. The number of hydrogen-bond donors (Lipinski definition) is 0. The Morgan fingerprint density at radius 1 is 1.33 bits per heavy atom. The molecule has 0 saturated heterocycles. The Morgan fingerprint density at radius 3 is 2.67 bits per heavy atom. The summed E-state index contributed by atoms with van der Waals surface area (Å²) in [6.45, 7) is 1.97. The van der Waals surface area contributed by atoms with Gasteiger partial charge in [-0.2, -0.15) is 0 Å². The minimum absolute atomic E-state index is 0.324. The van der Waals surface area contributed by atoms with Crippen LogP contribution in [0.2, 0.25) is 0 Å². The highest BCUT2D eigenvalue weighted by Crippen LogP contribution is 2.33. The first-order valence-corrected chi connectivity index (χ1v) is 6.09. The van der Waals surface area contributed by atoms with Crippen LogP contribution in [0.3, 0.4) is 0 Å². The molecule has 1 aromatic carbocycles. The maximum atomic E-state index is 11.7. The van der Waals surface area contributed by atoms with Crippen molar-refractivity contribution in [2.75, 3.05) is 14.2 Å². The Labute approximate surface area is 113 Å². The predicted octanol–water partition coefficient (Wildman–Crippen LogP) is 3.10. The number of fused-ring (bicyclic) bond motifs is 1. The van der Waals surface area contributed by atoms with E-state index in [2.05, 4.69) is 20.9 Å². The minimum atomic E-state index is -0.459. The molecule has 0 amide bonds. The van der Waals surface area contributed by atoms with Crippen molar-refractivity contribution < 1.29 is 14.3 Å². The van der Waals surface area contributed by atoms with Crippen LogP contribution < -0.4 is 4.74 Å². The second-order valence-corrected chi connectivity index (χ2v) is 4.69. The molecular weight excluding hydrogens is 298 g/mol. The number of benzene rings is 1. The van der Waals surface area contributed by atoms with Gasteiger partial charge in [0.15, 0.2) is 0 Å². The normalized spacial score (nSPS) is 10.4. The zero-order valence-corrected chi connectivity index (χ0v) is 11.9. The van der Waals surface area contributed by atoms with Crippen LogP contribution in [0.15, 0.2) is 22.8 Å². The van der Waals surface area contributed by atoms with E-state index >= 15 is 0 Å². The maximum Gasteiger partial charge on any atom is 0.343 e. The molecule has 0 spiro atoms. The molecule has 0 aliphatic heterocycles. The quantitative estimate of drug-likeness (QED) is 0.800. The highest BCUT2D eigenvalue weighted by molar-refractivity contribution is 9.10. The van der Waals surface area contributed by atoms with E-state index in [1.54, 1.807) is 0 Å². The van der Waals surface area contributed by atoms with Crippen LogP contribution in [0.25, 0.3) is 10.9 Å². The number of pyridine rings is 1. The van der Waals surface area contributed by atoms with E-state index in [0.29, 0.717) is 11.3 Å². The van der Waals surface area contributed by atoms with Gasteiger partial charge in [0.2, 0.25) is 0 Å². The molecule has 0 unspecified atom stereocenters. The van der Waals surface area contributed by atoms with Gasteiger partial charge in [0.25, 0.3) is 0 Å². The number of halogens is 1. The molecule has 0 radical (unpaired) electrons. The molecule has 1 heterocycles. The summed E-state index contributed by atoms with van der Waals surface area (Å²) in [4.78, 5) is 15.9. The first-order valence-electron chi connectivity index (χ1n) is 5.29. The Kier molecular flexibility index (Phi) is 3.52. The van der Waals surface area contributed by atoms with Crippen molar-refractivity contribution in [1.29, 1.82) is 0 Å². The summed E-state index contributed by atoms with van der Waals surface area (Å²) in [5.41, 5.74) is 2.13. The van der Waals surface area contributed by atoms with Gasteiger partial charge in [0, 0.05) is 16.1 Å². The van der Waals surface area contributed by atoms with Gasteiger partial charge in [-0.15, -0.1) is 0 Å². The van der Waals surface area contributed by atoms with Gasteiger partial charge in [-0.25, -0.2) is 4.79 Å². The van der Waals surface area contributed by atoms with Crippen LogP contribution in [0, 0.1) is 6.92 Å². The Hall–Kier alpha value is -1.62. The van der Waals surface area contributed by atoms with Crippen molar-refractivity contribution >= 4 is 32.8 Å². The third kappa shape index (κ3) is 2.06. The van der Waals surface area contributed by atoms with Crippen molar-refractivity contribution in [3.05, 3.63) is 33.9 Å². The van der Waals surface area contributed by atoms with Crippen LogP contribution in [0.1, 0.15) is 15.9 Å². The molecule has 5 heteroatoms. The lowest BCUT2D eigenvalue weighted by Crippen LogP contribution is -2.05. The van der Waals surface area contributed by atoms with E-state index in [1.165, 1.54) is 20.4 Å². The molecule has 0 saturated carbocycles. The number of aromatic nitrogens is 1. The van der Waals surface area contributed by atoms with Crippen LogP contribution >= 0.6 is 15.9 Å². The molecule has 0 atom stereocenters. The number of nitrogens with zero attached hydrogens (tertiary/aromatic N) is 1. The summed E-state index contributed by atoms with van der Waals surface area (Å²) in [6, 6.07) is 3.89. The number of esters is 1. The second kappa shape index (κ2) is 4.94. The fourth-order valence-corrected chi connectivity index (χ4v) is 2.52. The average molecular weight is 310 g/mol. The fourth-order valence-electron chi connectivity index (χ4n) is 1.85. The molecule has 2 rings (SSSR count). The summed E-state index contributed by atoms with van der Waals surface area (Å²) in [6.07, 6.45) is 1.47. The molecule has 0 N–H and O–H groups in total. The number of rotatable bonds is 2. The van der Waals surface area contributed by atoms with E-state index < -0.39 is 5.97 Å². The van der Waals surface area contributed by atoms with E-state index in [1.807, 2.05) is 19.1 Å². The van der Waals surface area contributed by atoms with Crippen molar-refractivity contribution in [2.45, 2.75) is 6.92 Å². The van der Waals surface area contributed by atoms with E-state index in [9.17, 15) is 4.79 Å². The third-order valence-corrected chi connectivity index (χ3v) is 3.23. The summed E-state index contributed by atoms with van der Waals surface area (Å²) in [5, 5.41) is 0.785. The second-order valence-electron chi connectivity index (χ2n) is 3.84. The zero-order valence-electron chi connectivity index (χ0n) is 10.3. The van der Waals surface area contributed by atoms with Crippen LogP contribution in [0.5, 0.6) is 5.75 Å². The molecule has 4 nitrogen and oxygen atoms in total. The van der Waals surface area contributed by atoms with Gasteiger partial charge < -0.3 is 9.47 Å². The molecule has 2 aromatic rings. The Balaban J connectivity index is 2.82. The number of carbonyl (C=O) groups excluding carboxylic acids is 1. The van der Waals surface area contributed by atoms with Crippen LogP contribution in [-0.2, 0) is 4.74 Å². The first-order chi connectivity index (χ1) is 8.58. The molecular formula is C13H12BrNO3. The lowest BCUT2D eigenvalue weighted by Gasteiger charge is -2.11. The molecule has 0 bridgehead atoms. The van der Waals surface area contributed by atoms with Crippen molar-refractivity contribution in [1.82, 2.24) is 4.98 Å². The lowest BCUT2D eigenvalue weighted by atomic mass is 10.1. The highest BCUT2D eigenvalue weighted by atomic mass is 79.9. The number of carbonyl (C=O) groups is 1. The Morgan fingerprint density at radius 2 is 2.06 bits per heavy atom. The SMILES string of the molecule is COC(=O)c1cnc2c(Br)cc(C)cc2c1OC.